The molecule has 24 heavy (non-hydrogen) atoms. The standard InChI is InChI=1S/C17H19NO5S/c19-17(12-8-14-10-7-11(10)16(12)23-14)18-24(20,21)15-5-6-22-13-4-2-1-3-9(13)15/h1-4,10-12,14-16H,5-8H2,(H,18,19)/t10-,11+,12-,14+,15?,16+/m1/s1. The van der Waals surface area contributed by atoms with Crippen LogP contribution in [0.5, 0.6) is 5.75 Å². The molecule has 0 radical (unpaired) electrons. The van der Waals surface area contributed by atoms with Gasteiger partial charge in [-0.1, -0.05) is 18.2 Å². The molecule has 0 aromatic heterocycles. The zero-order chi connectivity index (χ0) is 16.5. The Balaban J connectivity index is 1.36. The fraction of sp³-hybridized carbons (Fsp3) is 0.588. The van der Waals surface area contributed by atoms with Gasteiger partial charge in [0.2, 0.25) is 15.9 Å². The molecule has 2 saturated heterocycles. The highest BCUT2D eigenvalue weighted by Gasteiger charge is 2.64. The van der Waals surface area contributed by atoms with Crippen molar-refractivity contribution >= 4 is 15.9 Å². The summed E-state index contributed by atoms with van der Waals surface area (Å²) < 4.78 is 39.2. The van der Waals surface area contributed by atoms with Gasteiger partial charge >= 0.3 is 0 Å². The number of para-hydroxylation sites is 1. The largest absolute Gasteiger partial charge is 0.493 e. The lowest BCUT2D eigenvalue weighted by Crippen LogP contribution is -2.42. The number of ether oxygens (including phenoxy) is 2. The van der Waals surface area contributed by atoms with Gasteiger partial charge in [0.15, 0.2) is 0 Å². The third-order valence-electron chi connectivity index (χ3n) is 5.86. The molecule has 1 aromatic carbocycles. The summed E-state index contributed by atoms with van der Waals surface area (Å²) in [7, 11) is -3.79. The van der Waals surface area contributed by atoms with Crippen LogP contribution in [0.3, 0.4) is 0 Å². The second-order valence-corrected chi connectivity index (χ2v) is 9.08. The van der Waals surface area contributed by atoms with Crippen LogP contribution in [-0.2, 0) is 19.6 Å². The lowest BCUT2D eigenvalue weighted by atomic mass is 9.89. The molecule has 1 aliphatic carbocycles. The summed E-state index contributed by atoms with van der Waals surface area (Å²) in [6.45, 7) is 0.331. The molecule has 4 aliphatic rings. The highest BCUT2D eigenvalue weighted by atomic mass is 32.2. The van der Waals surface area contributed by atoms with E-state index in [4.69, 9.17) is 9.47 Å². The van der Waals surface area contributed by atoms with Crippen molar-refractivity contribution < 1.29 is 22.7 Å². The Kier molecular flexibility index (Phi) is 3.04. The lowest BCUT2D eigenvalue weighted by molar-refractivity contribution is -0.125. The fourth-order valence-corrected chi connectivity index (χ4v) is 6.14. The molecular formula is C17H19NO5S. The van der Waals surface area contributed by atoms with Gasteiger partial charge in [0.1, 0.15) is 11.0 Å². The van der Waals surface area contributed by atoms with Crippen LogP contribution in [0.2, 0.25) is 0 Å². The summed E-state index contributed by atoms with van der Waals surface area (Å²) in [6.07, 6.45) is 2.19. The van der Waals surface area contributed by atoms with Crippen LogP contribution in [0.4, 0.5) is 0 Å². The number of fused-ring (bicyclic) bond motifs is 6. The van der Waals surface area contributed by atoms with Crippen molar-refractivity contribution in [2.75, 3.05) is 6.61 Å². The molecular weight excluding hydrogens is 330 g/mol. The number of hydrogen-bond acceptors (Lipinski definition) is 5. The van der Waals surface area contributed by atoms with E-state index >= 15 is 0 Å². The van der Waals surface area contributed by atoms with Gasteiger partial charge in [0, 0.05) is 12.0 Å². The van der Waals surface area contributed by atoms with Crippen molar-refractivity contribution in [1.29, 1.82) is 0 Å². The van der Waals surface area contributed by atoms with E-state index in [1.807, 2.05) is 6.07 Å². The first-order valence-corrected chi connectivity index (χ1v) is 10.0. The van der Waals surface area contributed by atoms with E-state index in [-0.39, 0.29) is 18.1 Å². The average Bonchev–Trinajstić information content (AvgIpc) is 3.17. The molecule has 1 aromatic rings. The molecule has 0 spiro atoms. The summed E-state index contributed by atoms with van der Waals surface area (Å²) in [5.74, 6) is 0.917. The molecule has 6 atom stereocenters. The first kappa shape index (κ1) is 14.7. The van der Waals surface area contributed by atoms with Gasteiger partial charge in [-0.05, 0) is 30.7 Å². The van der Waals surface area contributed by atoms with Gasteiger partial charge in [-0.15, -0.1) is 0 Å². The summed E-state index contributed by atoms with van der Waals surface area (Å²) in [5, 5.41) is -0.750. The molecule has 5 rings (SSSR count). The zero-order valence-corrected chi connectivity index (χ0v) is 13.9. The van der Waals surface area contributed by atoms with Crippen LogP contribution in [0.1, 0.15) is 30.1 Å². The Labute approximate surface area is 140 Å². The van der Waals surface area contributed by atoms with E-state index in [2.05, 4.69) is 4.72 Å². The zero-order valence-electron chi connectivity index (χ0n) is 13.1. The number of sulfonamides is 1. The van der Waals surface area contributed by atoms with Crippen molar-refractivity contribution in [3.63, 3.8) is 0 Å². The quantitative estimate of drug-likeness (QED) is 0.891. The molecule has 1 amide bonds. The second-order valence-electron chi connectivity index (χ2n) is 7.22. The van der Waals surface area contributed by atoms with Gasteiger partial charge < -0.3 is 9.47 Å². The molecule has 3 aliphatic heterocycles. The van der Waals surface area contributed by atoms with Crippen molar-refractivity contribution in [3.8, 4) is 5.75 Å². The Hall–Kier alpha value is -1.60. The van der Waals surface area contributed by atoms with Gasteiger partial charge in [-0.2, -0.15) is 0 Å². The Morgan fingerprint density at radius 1 is 1.17 bits per heavy atom. The lowest BCUT2D eigenvalue weighted by Gasteiger charge is -2.26. The minimum Gasteiger partial charge on any atom is -0.493 e. The molecule has 128 valence electrons. The second kappa shape index (κ2) is 4.95. The molecule has 6 nitrogen and oxygen atoms in total. The van der Waals surface area contributed by atoms with Gasteiger partial charge in [0.05, 0.1) is 24.7 Å². The third-order valence-corrected chi connectivity index (χ3v) is 7.59. The first-order chi connectivity index (χ1) is 11.5. The van der Waals surface area contributed by atoms with Crippen molar-refractivity contribution in [3.05, 3.63) is 29.8 Å². The maximum absolute atomic E-state index is 12.8. The summed E-state index contributed by atoms with van der Waals surface area (Å²) in [6, 6.07) is 7.11. The number of amides is 1. The van der Waals surface area contributed by atoms with Crippen molar-refractivity contribution in [2.24, 2.45) is 17.8 Å². The smallest absolute Gasteiger partial charge is 0.242 e. The molecule has 3 fully saturated rings. The number of carbonyl (C=O) groups is 1. The Bertz CT molecular complexity index is 807. The Morgan fingerprint density at radius 3 is 2.79 bits per heavy atom. The number of rotatable bonds is 3. The fourth-order valence-electron chi connectivity index (χ4n) is 4.63. The molecule has 2 bridgehead atoms. The van der Waals surface area contributed by atoms with Crippen molar-refractivity contribution in [2.45, 2.75) is 36.7 Å². The minimum absolute atomic E-state index is 0.0859. The normalized spacial score (nSPS) is 38.8. The maximum atomic E-state index is 12.8. The van der Waals surface area contributed by atoms with E-state index < -0.39 is 21.2 Å². The molecule has 1 N–H and O–H groups in total. The van der Waals surface area contributed by atoms with Crippen LogP contribution < -0.4 is 9.46 Å². The maximum Gasteiger partial charge on any atom is 0.242 e. The summed E-state index contributed by atoms with van der Waals surface area (Å²) >= 11 is 0. The SMILES string of the molecule is O=C(NS(=O)(=O)C1CCOc2ccccc21)[C@@H]1C[C@@H]2O[C@H]1[C@H]1C[C@H]12. The number of benzene rings is 1. The van der Waals surface area contributed by atoms with E-state index in [1.165, 1.54) is 0 Å². The molecule has 1 saturated carbocycles. The molecule has 7 heteroatoms. The van der Waals surface area contributed by atoms with Crippen LogP contribution in [0.15, 0.2) is 24.3 Å². The number of carbonyl (C=O) groups excluding carboxylic acids is 1. The Morgan fingerprint density at radius 2 is 2.00 bits per heavy atom. The minimum atomic E-state index is -3.79. The molecule has 1 unspecified atom stereocenters. The van der Waals surface area contributed by atoms with E-state index in [0.29, 0.717) is 42.6 Å². The van der Waals surface area contributed by atoms with E-state index in [1.54, 1.807) is 18.2 Å². The average molecular weight is 349 g/mol. The highest BCUT2D eigenvalue weighted by Crippen LogP contribution is 2.60. The molecule has 3 heterocycles. The summed E-state index contributed by atoms with van der Waals surface area (Å²) in [5.41, 5.74) is 0.621. The van der Waals surface area contributed by atoms with Gasteiger partial charge in [0.25, 0.3) is 0 Å². The first-order valence-electron chi connectivity index (χ1n) is 8.47. The highest BCUT2D eigenvalue weighted by molar-refractivity contribution is 7.90. The topological polar surface area (TPSA) is 81.7 Å². The van der Waals surface area contributed by atoms with Crippen LogP contribution in [0, 0.1) is 17.8 Å². The summed E-state index contributed by atoms with van der Waals surface area (Å²) in [4.78, 5) is 12.6. The predicted molar refractivity (Wildman–Crippen MR) is 84.7 cm³/mol. The number of hydrogen-bond donors (Lipinski definition) is 1. The van der Waals surface area contributed by atoms with E-state index in [9.17, 15) is 13.2 Å². The van der Waals surface area contributed by atoms with E-state index in [0.717, 1.165) is 6.42 Å². The van der Waals surface area contributed by atoms with Gasteiger partial charge in [-0.25, -0.2) is 8.42 Å². The number of nitrogens with one attached hydrogen (secondary N) is 1. The van der Waals surface area contributed by atoms with Crippen LogP contribution >= 0.6 is 0 Å². The monoisotopic (exact) mass is 349 g/mol. The third kappa shape index (κ3) is 2.10. The van der Waals surface area contributed by atoms with Crippen molar-refractivity contribution in [1.82, 2.24) is 4.72 Å². The van der Waals surface area contributed by atoms with Crippen LogP contribution in [0.25, 0.3) is 0 Å². The van der Waals surface area contributed by atoms with Crippen LogP contribution in [-0.4, -0.2) is 33.1 Å². The predicted octanol–water partition coefficient (Wildman–Crippen LogP) is 1.38. The van der Waals surface area contributed by atoms with Gasteiger partial charge in [-0.3, -0.25) is 9.52 Å².